The van der Waals surface area contributed by atoms with Gasteiger partial charge >= 0.3 is 0 Å². The molecule has 0 saturated carbocycles. The second-order valence-corrected chi connectivity index (χ2v) is 7.19. The highest BCUT2D eigenvalue weighted by atomic mass is 35.5. The van der Waals surface area contributed by atoms with Gasteiger partial charge in [0.2, 0.25) is 0 Å². The van der Waals surface area contributed by atoms with E-state index >= 15 is 0 Å². The van der Waals surface area contributed by atoms with Crippen molar-refractivity contribution in [1.29, 1.82) is 0 Å². The fraction of sp³-hybridized carbons (Fsp3) is 0.647. The van der Waals surface area contributed by atoms with E-state index in [1.165, 1.54) is 0 Å². The summed E-state index contributed by atoms with van der Waals surface area (Å²) in [6, 6.07) is 5.82. The first-order valence-corrected chi connectivity index (χ1v) is 8.34. The van der Waals surface area contributed by atoms with Crippen LogP contribution in [-0.4, -0.2) is 25.3 Å². The highest BCUT2D eigenvalue weighted by Crippen LogP contribution is 2.29. The normalized spacial score (nSPS) is 15.0. The Morgan fingerprint density at radius 2 is 1.86 bits per heavy atom. The van der Waals surface area contributed by atoms with Crippen LogP contribution in [0.3, 0.4) is 0 Å². The Bertz CT molecular complexity index is 443. The number of likely N-dealkylation sites (N-methyl/N-ethyl adjacent to an activating group) is 1. The molecule has 4 heteroatoms. The lowest BCUT2D eigenvalue weighted by Crippen LogP contribution is -2.49. The predicted octanol–water partition coefficient (Wildman–Crippen LogP) is 4.97. The fourth-order valence-electron chi connectivity index (χ4n) is 2.63. The van der Waals surface area contributed by atoms with E-state index in [0.29, 0.717) is 11.6 Å². The van der Waals surface area contributed by atoms with Crippen molar-refractivity contribution in [3.8, 4) is 0 Å². The first kappa shape index (κ1) is 18.8. The first-order valence-electron chi connectivity index (χ1n) is 7.58. The van der Waals surface area contributed by atoms with E-state index in [9.17, 15) is 0 Å². The maximum Gasteiger partial charge on any atom is 0.0779 e. The molecule has 2 unspecified atom stereocenters. The van der Waals surface area contributed by atoms with Crippen molar-refractivity contribution in [2.75, 3.05) is 13.2 Å². The zero-order valence-electron chi connectivity index (χ0n) is 13.7. The van der Waals surface area contributed by atoms with Crippen LogP contribution in [0.15, 0.2) is 18.2 Å². The zero-order chi connectivity index (χ0) is 16.0. The van der Waals surface area contributed by atoms with Gasteiger partial charge in [0, 0.05) is 22.7 Å². The number of ether oxygens (including phenoxy) is 1. The van der Waals surface area contributed by atoms with Crippen molar-refractivity contribution >= 4 is 23.2 Å². The Morgan fingerprint density at radius 1 is 1.19 bits per heavy atom. The van der Waals surface area contributed by atoms with E-state index in [1.54, 1.807) is 0 Å². The monoisotopic (exact) mass is 331 g/mol. The van der Waals surface area contributed by atoms with Crippen LogP contribution < -0.4 is 5.32 Å². The number of hydrogen-bond acceptors (Lipinski definition) is 2. The average Bonchev–Trinajstić information content (AvgIpc) is 2.38. The molecule has 0 fully saturated rings. The van der Waals surface area contributed by atoms with Crippen LogP contribution in [0.5, 0.6) is 0 Å². The van der Waals surface area contributed by atoms with Crippen LogP contribution in [0, 0.1) is 5.41 Å². The van der Waals surface area contributed by atoms with Gasteiger partial charge in [-0.25, -0.2) is 0 Å². The van der Waals surface area contributed by atoms with Crippen LogP contribution in [0.25, 0.3) is 0 Å². The summed E-state index contributed by atoms with van der Waals surface area (Å²) in [5, 5.41) is 5.01. The average molecular weight is 332 g/mol. The molecule has 1 aromatic carbocycles. The molecule has 0 aromatic heterocycles. The van der Waals surface area contributed by atoms with Gasteiger partial charge in [-0.05, 0) is 49.1 Å². The second kappa shape index (κ2) is 8.38. The molecule has 0 radical (unpaired) electrons. The SMILES string of the molecule is CCNC(Cc1cc(Cl)ccc1Cl)C(OCC)C(C)(C)C. The number of benzene rings is 1. The topological polar surface area (TPSA) is 21.3 Å². The van der Waals surface area contributed by atoms with Gasteiger partial charge in [0.1, 0.15) is 0 Å². The molecule has 0 amide bonds. The molecule has 0 aliphatic rings. The standard InChI is InChI=1S/C17H27Cl2NO/c1-6-20-15(16(21-7-2)17(3,4)5)11-12-10-13(18)8-9-14(12)19/h8-10,15-16,20H,6-7,11H2,1-5H3. The van der Waals surface area contributed by atoms with Gasteiger partial charge in [-0.2, -0.15) is 0 Å². The lowest BCUT2D eigenvalue weighted by Gasteiger charge is -2.37. The van der Waals surface area contributed by atoms with Crippen molar-refractivity contribution in [2.24, 2.45) is 5.41 Å². The van der Waals surface area contributed by atoms with Gasteiger partial charge in [0.25, 0.3) is 0 Å². The van der Waals surface area contributed by atoms with Crippen molar-refractivity contribution in [2.45, 2.75) is 53.2 Å². The van der Waals surface area contributed by atoms with E-state index in [4.69, 9.17) is 27.9 Å². The summed E-state index contributed by atoms with van der Waals surface area (Å²) in [4.78, 5) is 0. The number of hydrogen-bond donors (Lipinski definition) is 1. The van der Waals surface area contributed by atoms with Crippen LogP contribution in [0.4, 0.5) is 0 Å². The van der Waals surface area contributed by atoms with E-state index in [-0.39, 0.29) is 17.6 Å². The molecular weight excluding hydrogens is 305 g/mol. The maximum atomic E-state index is 6.31. The molecule has 1 aromatic rings. The van der Waals surface area contributed by atoms with Crippen molar-refractivity contribution in [1.82, 2.24) is 5.32 Å². The third-order valence-electron chi connectivity index (χ3n) is 3.48. The van der Waals surface area contributed by atoms with Gasteiger partial charge in [-0.15, -0.1) is 0 Å². The molecule has 0 heterocycles. The molecular formula is C17H27Cl2NO. The van der Waals surface area contributed by atoms with Crippen LogP contribution in [-0.2, 0) is 11.2 Å². The summed E-state index contributed by atoms with van der Waals surface area (Å²) >= 11 is 12.4. The van der Waals surface area contributed by atoms with E-state index in [2.05, 4.69) is 33.0 Å². The summed E-state index contributed by atoms with van der Waals surface area (Å²) in [5.41, 5.74) is 1.11. The van der Waals surface area contributed by atoms with Crippen molar-refractivity contribution < 1.29 is 4.74 Å². The largest absolute Gasteiger partial charge is 0.376 e. The Hall–Kier alpha value is -0.280. The quantitative estimate of drug-likeness (QED) is 0.761. The van der Waals surface area contributed by atoms with E-state index in [1.807, 2.05) is 25.1 Å². The Morgan fingerprint density at radius 3 is 2.38 bits per heavy atom. The molecule has 2 nitrogen and oxygen atoms in total. The number of rotatable bonds is 7. The Labute approximate surface area is 139 Å². The number of nitrogens with one attached hydrogen (secondary N) is 1. The minimum absolute atomic E-state index is 0.0495. The van der Waals surface area contributed by atoms with Gasteiger partial charge in [0.05, 0.1) is 6.10 Å². The minimum Gasteiger partial charge on any atom is -0.376 e. The molecule has 2 atom stereocenters. The summed E-state index contributed by atoms with van der Waals surface area (Å²) in [7, 11) is 0. The maximum absolute atomic E-state index is 6.31. The summed E-state index contributed by atoms with van der Waals surface area (Å²) in [5.74, 6) is 0. The molecule has 21 heavy (non-hydrogen) atoms. The highest BCUT2D eigenvalue weighted by Gasteiger charge is 2.32. The van der Waals surface area contributed by atoms with Gasteiger partial charge in [0.15, 0.2) is 0 Å². The summed E-state index contributed by atoms with van der Waals surface area (Å²) < 4.78 is 6.02. The molecule has 1 rings (SSSR count). The molecule has 0 aliphatic carbocycles. The lowest BCUT2D eigenvalue weighted by molar-refractivity contribution is -0.0352. The van der Waals surface area contributed by atoms with Gasteiger partial charge in [-0.1, -0.05) is 50.9 Å². The van der Waals surface area contributed by atoms with Crippen LogP contribution >= 0.6 is 23.2 Å². The smallest absolute Gasteiger partial charge is 0.0779 e. The van der Waals surface area contributed by atoms with Gasteiger partial charge < -0.3 is 10.1 Å². The summed E-state index contributed by atoms with van der Waals surface area (Å²) in [6.07, 6.45) is 0.910. The number of halogens is 2. The summed E-state index contributed by atoms with van der Waals surface area (Å²) in [6.45, 7) is 12.4. The zero-order valence-corrected chi connectivity index (χ0v) is 15.2. The molecule has 0 saturated heterocycles. The third-order valence-corrected chi connectivity index (χ3v) is 4.08. The second-order valence-electron chi connectivity index (χ2n) is 6.35. The van der Waals surface area contributed by atoms with Crippen LogP contribution in [0.2, 0.25) is 10.0 Å². The molecule has 120 valence electrons. The predicted molar refractivity (Wildman–Crippen MR) is 92.5 cm³/mol. The fourth-order valence-corrected chi connectivity index (χ4v) is 3.02. The molecule has 0 spiro atoms. The van der Waals surface area contributed by atoms with Gasteiger partial charge in [-0.3, -0.25) is 0 Å². The molecule has 0 aliphatic heterocycles. The highest BCUT2D eigenvalue weighted by molar-refractivity contribution is 6.33. The minimum atomic E-state index is 0.0495. The van der Waals surface area contributed by atoms with Crippen molar-refractivity contribution in [3.63, 3.8) is 0 Å². The van der Waals surface area contributed by atoms with Crippen LogP contribution in [0.1, 0.15) is 40.2 Å². The lowest BCUT2D eigenvalue weighted by atomic mass is 9.82. The molecule has 0 bridgehead atoms. The molecule has 1 N–H and O–H groups in total. The Balaban J connectivity index is 3.01. The third kappa shape index (κ3) is 5.78. The van der Waals surface area contributed by atoms with E-state index in [0.717, 1.165) is 23.6 Å². The van der Waals surface area contributed by atoms with Crippen molar-refractivity contribution in [3.05, 3.63) is 33.8 Å². The van der Waals surface area contributed by atoms with E-state index < -0.39 is 0 Å². The first-order chi connectivity index (χ1) is 9.79. The Kier molecular flexibility index (Phi) is 7.49.